The Hall–Kier alpha value is -4.21. The molecule has 38 heavy (non-hydrogen) atoms. The predicted molar refractivity (Wildman–Crippen MR) is 142 cm³/mol. The minimum Gasteiger partial charge on any atom is -0.454 e. The topological polar surface area (TPSA) is 125 Å². The maximum Gasteiger partial charge on any atom is 0.268 e. The number of hydrogen-bond acceptors (Lipinski definition) is 8. The van der Waals surface area contributed by atoms with Gasteiger partial charge < -0.3 is 29.5 Å². The number of nitrogens with one attached hydrogen (secondary N) is 2. The molecule has 1 aliphatic heterocycles. The van der Waals surface area contributed by atoms with Crippen LogP contribution in [0.25, 0.3) is 16.0 Å². The zero-order chi connectivity index (χ0) is 27.0. The number of aromatic nitrogens is 6. The van der Waals surface area contributed by atoms with E-state index in [9.17, 15) is 4.79 Å². The number of rotatable bonds is 7. The molecule has 0 spiro atoms. The minimum atomic E-state index is -0.758. The lowest BCUT2D eigenvalue weighted by Crippen LogP contribution is -2.22. The van der Waals surface area contributed by atoms with Gasteiger partial charge in [-0.3, -0.25) is 9.48 Å². The largest absolute Gasteiger partial charge is 0.454 e. The Morgan fingerprint density at radius 1 is 1.32 bits per heavy atom. The number of pyridine rings is 2. The molecule has 0 bridgehead atoms. The maximum absolute atomic E-state index is 11.3. The van der Waals surface area contributed by atoms with Crippen molar-refractivity contribution in [1.82, 2.24) is 29.3 Å². The second kappa shape index (κ2) is 9.92. The molecule has 0 unspecified atom stereocenters. The number of halogens is 1. The van der Waals surface area contributed by atoms with Crippen LogP contribution in [0, 0.1) is 6.57 Å². The molecule has 4 aromatic heterocycles. The average molecular weight is 536 g/mol. The Balaban J connectivity index is 1.45. The first-order valence-corrected chi connectivity index (χ1v) is 12.3. The van der Waals surface area contributed by atoms with E-state index in [-0.39, 0.29) is 11.9 Å². The number of nitrogens with zero attached hydrogens (tertiary/aromatic N) is 7. The molecule has 1 fully saturated rings. The highest BCUT2D eigenvalue weighted by Gasteiger charge is 2.35. The van der Waals surface area contributed by atoms with E-state index < -0.39 is 5.54 Å². The molecule has 1 aliphatic rings. The third-order valence-corrected chi connectivity index (χ3v) is 6.57. The van der Waals surface area contributed by atoms with Crippen LogP contribution in [0.5, 0.6) is 11.5 Å². The lowest BCUT2D eigenvalue weighted by atomic mass is 10.0. The standard InChI is InChI=1S/C25H26ClN9O3/c1-14(36)30-19-10-16(6-8-28-19)38-17-12-29-23-22(21(17)26)34(5)24(32-23)31-20-11-18(25(2,3)27-4)35(33-20)15-7-9-37-13-15/h6,8,10-12,15H,7,9,13H2,1-3,5H3,(H,28,30,36)(H,29,31,32,33)/t15-/m1/s1. The summed E-state index contributed by atoms with van der Waals surface area (Å²) in [7, 11) is 1.81. The Bertz CT molecular complexity index is 1560. The van der Waals surface area contributed by atoms with E-state index in [1.165, 1.54) is 19.3 Å². The van der Waals surface area contributed by atoms with Crippen molar-refractivity contribution in [1.29, 1.82) is 0 Å². The van der Waals surface area contributed by atoms with Gasteiger partial charge in [0.05, 0.1) is 18.8 Å². The quantitative estimate of drug-likeness (QED) is 0.322. The van der Waals surface area contributed by atoms with Crippen LogP contribution in [-0.2, 0) is 22.1 Å². The monoisotopic (exact) mass is 535 g/mol. The van der Waals surface area contributed by atoms with E-state index in [0.29, 0.717) is 58.5 Å². The summed E-state index contributed by atoms with van der Waals surface area (Å²) in [5, 5.41) is 10.9. The summed E-state index contributed by atoms with van der Waals surface area (Å²) in [5.41, 5.74) is 1.03. The van der Waals surface area contributed by atoms with Crippen LogP contribution in [0.3, 0.4) is 0 Å². The molecular formula is C25H26ClN9O3. The third kappa shape index (κ3) is 4.85. The predicted octanol–water partition coefficient (Wildman–Crippen LogP) is 4.82. The van der Waals surface area contributed by atoms with Crippen LogP contribution in [-0.4, -0.2) is 48.4 Å². The lowest BCUT2D eigenvalue weighted by Gasteiger charge is -2.17. The number of ether oxygens (including phenoxy) is 2. The number of carbonyl (C=O) groups is 1. The van der Waals surface area contributed by atoms with Gasteiger partial charge in [0.2, 0.25) is 11.9 Å². The fourth-order valence-corrected chi connectivity index (χ4v) is 4.52. The Morgan fingerprint density at radius 2 is 2.13 bits per heavy atom. The van der Waals surface area contributed by atoms with Gasteiger partial charge in [0.1, 0.15) is 27.8 Å². The van der Waals surface area contributed by atoms with E-state index in [4.69, 9.17) is 32.7 Å². The molecule has 0 aromatic carbocycles. The molecule has 1 atom stereocenters. The molecule has 4 aromatic rings. The van der Waals surface area contributed by atoms with Gasteiger partial charge in [0.15, 0.2) is 17.2 Å². The second-order valence-corrected chi connectivity index (χ2v) is 9.81. The van der Waals surface area contributed by atoms with Crippen molar-refractivity contribution < 1.29 is 14.3 Å². The number of carbonyl (C=O) groups excluding carboxylic acids is 1. The van der Waals surface area contributed by atoms with E-state index >= 15 is 0 Å². The van der Waals surface area contributed by atoms with Crippen molar-refractivity contribution in [2.24, 2.45) is 7.05 Å². The molecule has 0 saturated carbocycles. The number of imidazole rings is 1. The summed E-state index contributed by atoms with van der Waals surface area (Å²) in [6.45, 7) is 14.0. The van der Waals surface area contributed by atoms with Crippen molar-refractivity contribution in [3.8, 4) is 11.5 Å². The molecule has 12 nitrogen and oxygen atoms in total. The van der Waals surface area contributed by atoms with Crippen LogP contribution in [0.2, 0.25) is 5.02 Å². The molecule has 0 radical (unpaired) electrons. The number of amides is 1. The molecule has 5 heterocycles. The maximum atomic E-state index is 11.3. The van der Waals surface area contributed by atoms with Crippen molar-refractivity contribution >= 4 is 46.3 Å². The molecule has 1 amide bonds. The van der Waals surface area contributed by atoms with Crippen LogP contribution < -0.4 is 15.4 Å². The van der Waals surface area contributed by atoms with Gasteiger partial charge in [-0.25, -0.2) is 16.5 Å². The van der Waals surface area contributed by atoms with E-state index in [1.807, 2.05) is 31.6 Å². The first-order chi connectivity index (χ1) is 18.2. The summed E-state index contributed by atoms with van der Waals surface area (Å²) in [4.78, 5) is 28.2. The minimum absolute atomic E-state index is 0.0668. The van der Waals surface area contributed by atoms with E-state index in [2.05, 4.69) is 30.4 Å². The van der Waals surface area contributed by atoms with Crippen molar-refractivity contribution in [3.63, 3.8) is 0 Å². The van der Waals surface area contributed by atoms with Crippen LogP contribution in [0.1, 0.15) is 38.9 Å². The van der Waals surface area contributed by atoms with Crippen molar-refractivity contribution in [2.45, 2.75) is 38.8 Å². The Labute approximate surface area is 223 Å². The first kappa shape index (κ1) is 25.4. The highest BCUT2D eigenvalue weighted by Crippen LogP contribution is 2.37. The number of aryl methyl sites for hydroxylation is 1. The summed E-state index contributed by atoms with van der Waals surface area (Å²) in [5.74, 6) is 1.90. The molecule has 2 N–H and O–H groups in total. The molecular weight excluding hydrogens is 510 g/mol. The van der Waals surface area contributed by atoms with E-state index in [1.54, 1.807) is 16.7 Å². The zero-order valence-electron chi connectivity index (χ0n) is 21.3. The average Bonchev–Trinajstić information content (AvgIpc) is 3.61. The summed E-state index contributed by atoms with van der Waals surface area (Å²) in [6.07, 6.45) is 3.85. The highest BCUT2D eigenvalue weighted by molar-refractivity contribution is 6.36. The summed E-state index contributed by atoms with van der Waals surface area (Å²) >= 11 is 6.73. The van der Waals surface area contributed by atoms with Gasteiger partial charge in [0.25, 0.3) is 5.54 Å². The number of fused-ring (bicyclic) bond motifs is 1. The van der Waals surface area contributed by atoms with Crippen molar-refractivity contribution in [3.05, 3.63) is 52.7 Å². The molecule has 1 saturated heterocycles. The highest BCUT2D eigenvalue weighted by atomic mass is 35.5. The summed E-state index contributed by atoms with van der Waals surface area (Å²) < 4.78 is 15.2. The number of hydrogen-bond donors (Lipinski definition) is 2. The fourth-order valence-electron chi connectivity index (χ4n) is 4.22. The lowest BCUT2D eigenvalue weighted by molar-refractivity contribution is -0.114. The third-order valence-electron chi connectivity index (χ3n) is 6.20. The van der Waals surface area contributed by atoms with Gasteiger partial charge >= 0.3 is 0 Å². The summed E-state index contributed by atoms with van der Waals surface area (Å²) in [6, 6.07) is 5.18. The Kier molecular flexibility index (Phi) is 6.64. The zero-order valence-corrected chi connectivity index (χ0v) is 22.1. The first-order valence-electron chi connectivity index (χ1n) is 11.9. The number of anilines is 3. The van der Waals surface area contributed by atoms with Crippen LogP contribution >= 0.6 is 11.6 Å². The van der Waals surface area contributed by atoms with Gasteiger partial charge in [-0.05, 0) is 12.5 Å². The SMILES string of the molecule is [C-]#[N+]C(C)(C)c1cc(Nc2nc3ncc(Oc4ccnc(NC(C)=O)c4)c(Cl)c3n2C)nn1[C@@H]1CCOC1. The normalized spacial score (nSPS) is 15.4. The van der Waals surface area contributed by atoms with Crippen molar-refractivity contribution in [2.75, 3.05) is 23.8 Å². The second-order valence-electron chi connectivity index (χ2n) is 9.44. The molecule has 0 aliphatic carbocycles. The van der Waals surface area contributed by atoms with Crippen LogP contribution in [0.15, 0.2) is 30.6 Å². The molecule has 196 valence electrons. The molecule has 13 heteroatoms. The van der Waals surface area contributed by atoms with E-state index in [0.717, 1.165) is 12.1 Å². The van der Waals surface area contributed by atoms with Gasteiger partial charge in [-0.2, -0.15) is 10.1 Å². The smallest absolute Gasteiger partial charge is 0.268 e. The Morgan fingerprint density at radius 3 is 2.84 bits per heavy atom. The molecule has 5 rings (SSSR count). The van der Waals surface area contributed by atoms with Gasteiger partial charge in [-0.15, -0.1) is 0 Å². The van der Waals surface area contributed by atoms with Crippen LogP contribution in [0.4, 0.5) is 17.6 Å². The fraction of sp³-hybridized carbons (Fsp3) is 0.360. The van der Waals surface area contributed by atoms with Gasteiger partial charge in [-0.1, -0.05) is 11.6 Å². The van der Waals surface area contributed by atoms with Gasteiger partial charge in [0, 0.05) is 52.8 Å².